The molecule has 3 rings (SSSR count). The molecule has 8 heteroatoms. The summed E-state index contributed by atoms with van der Waals surface area (Å²) in [4.78, 5) is 12.6. The van der Waals surface area contributed by atoms with Crippen LogP contribution >= 0.6 is 0 Å². The molecule has 8 nitrogen and oxygen atoms in total. The number of ether oxygens (including phenoxy) is 2. The molecular weight excluding hydrogens is 358 g/mol. The minimum Gasteiger partial charge on any atom is -0.490 e. The van der Waals surface area contributed by atoms with Crippen LogP contribution in [0.2, 0.25) is 0 Å². The van der Waals surface area contributed by atoms with E-state index in [1.807, 2.05) is 36.4 Å². The zero-order chi connectivity index (χ0) is 19.8. The molecule has 0 fully saturated rings. The Morgan fingerprint density at radius 1 is 1.14 bits per heavy atom. The number of aromatic nitrogens is 4. The number of nitriles is 1. The average Bonchev–Trinajstić information content (AvgIpc) is 3.16. The van der Waals surface area contributed by atoms with Gasteiger partial charge in [-0.05, 0) is 53.3 Å². The van der Waals surface area contributed by atoms with Crippen molar-refractivity contribution in [3.63, 3.8) is 0 Å². The van der Waals surface area contributed by atoms with Crippen molar-refractivity contribution in [2.75, 3.05) is 13.2 Å². The number of esters is 1. The highest BCUT2D eigenvalue weighted by Gasteiger charge is 2.17. The van der Waals surface area contributed by atoms with Crippen LogP contribution in [0.25, 0.3) is 11.8 Å². The first-order chi connectivity index (χ1) is 13.7. The smallest absolute Gasteiger partial charge is 0.357 e. The van der Waals surface area contributed by atoms with E-state index in [9.17, 15) is 4.79 Å². The van der Waals surface area contributed by atoms with E-state index in [0.717, 1.165) is 5.56 Å². The van der Waals surface area contributed by atoms with Gasteiger partial charge in [-0.1, -0.05) is 30.3 Å². The van der Waals surface area contributed by atoms with Crippen LogP contribution in [0.5, 0.6) is 5.75 Å². The predicted octanol–water partition coefficient (Wildman–Crippen LogP) is 2.47. The third-order valence-corrected chi connectivity index (χ3v) is 3.73. The fourth-order valence-electron chi connectivity index (χ4n) is 2.36. The average molecular weight is 375 g/mol. The molecule has 0 amide bonds. The number of hydrogen-bond donors (Lipinski definition) is 0. The summed E-state index contributed by atoms with van der Waals surface area (Å²) in [5.74, 6) is 0.488. The molecule has 0 spiro atoms. The number of aryl methyl sites for hydroxylation is 1. The van der Waals surface area contributed by atoms with Gasteiger partial charge in [0.05, 0.1) is 11.6 Å². The SMILES string of the molecule is Cc1nnnn1/C(=C\c1ccccc1)C(=O)OCCOc1ccc(C#N)cc1. The molecule has 1 aromatic heterocycles. The van der Waals surface area contributed by atoms with E-state index in [2.05, 4.69) is 15.5 Å². The van der Waals surface area contributed by atoms with Crippen molar-refractivity contribution in [1.82, 2.24) is 20.2 Å². The maximum Gasteiger partial charge on any atom is 0.357 e. The van der Waals surface area contributed by atoms with Crippen molar-refractivity contribution < 1.29 is 14.3 Å². The Labute approximate surface area is 161 Å². The van der Waals surface area contributed by atoms with E-state index in [-0.39, 0.29) is 18.9 Å². The molecule has 2 aromatic carbocycles. The quantitative estimate of drug-likeness (QED) is 0.355. The maximum absolute atomic E-state index is 12.6. The highest BCUT2D eigenvalue weighted by Crippen LogP contribution is 2.14. The first-order valence-electron chi connectivity index (χ1n) is 8.49. The van der Waals surface area contributed by atoms with Gasteiger partial charge in [0.15, 0.2) is 11.5 Å². The van der Waals surface area contributed by atoms with Gasteiger partial charge in [-0.3, -0.25) is 0 Å². The fourth-order valence-corrected chi connectivity index (χ4v) is 2.36. The van der Waals surface area contributed by atoms with Crippen LogP contribution in [0.3, 0.4) is 0 Å². The predicted molar refractivity (Wildman–Crippen MR) is 101 cm³/mol. The first kappa shape index (κ1) is 18.8. The summed E-state index contributed by atoms with van der Waals surface area (Å²) >= 11 is 0. The van der Waals surface area contributed by atoms with Crippen LogP contribution in [0.15, 0.2) is 54.6 Å². The Morgan fingerprint density at radius 3 is 2.54 bits per heavy atom. The number of rotatable bonds is 7. The second-order valence-corrected chi connectivity index (χ2v) is 5.70. The highest BCUT2D eigenvalue weighted by molar-refractivity contribution is 6.15. The second-order valence-electron chi connectivity index (χ2n) is 5.70. The molecule has 3 aromatic rings. The molecule has 0 aliphatic heterocycles. The number of tetrazole rings is 1. The van der Waals surface area contributed by atoms with Gasteiger partial charge in [0.2, 0.25) is 0 Å². The van der Waals surface area contributed by atoms with Crippen LogP contribution in [0.4, 0.5) is 0 Å². The van der Waals surface area contributed by atoms with E-state index in [1.54, 1.807) is 37.3 Å². The lowest BCUT2D eigenvalue weighted by molar-refractivity contribution is -0.137. The second kappa shape index (κ2) is 9.09. The van der Waals surface area contributed by atoms with Crippen LogP contribution < -0.4 is 4.74 Å². The van der Waals surface area contributed by atoms with Gasteiger partial charge >= 0.3 is 5.97 Å². The van der Waals surface area contributed by atoms with E-state index >= 15 is 0 Å². The molecule has 0 saturated heterocycles. The molecule has 1 heterocycles. The van der Waals surface area contributed by atoms with Crippen molar-refractivity contribution in [2.24, 2.45) is 0 Å². The number of carbonyl (C=O) groups excluding carboxylic acids is 1. The zero-order valence-electron chi connectivity index (χ0n) is 15.1. The van der Waals surface area contributed by atoms with Gasteiger partial charge in [0.1, 0.15) is 19.0 Å². The molecule has 0 N–H and O–H groups in total. The number of carbonyl (C=O) groups is 1. The van der Waals surface area contributed by atoms with Crippen molar-refractivity contribution in [2.45, 2.75) is 6.92 Å². The van der Waals surface area contributed by atoms with Crippen molar-refractivity contribution in [3.8, 4) is 11.8 Å². The highest BCUT2D eigenvalue weighted by atomic mass is 16.6. The molecule has 0 radical (unpaired) electrons. The molecule has 0 saturated carbocycles. The Bertz CT molecular complexity index is 1000. The van der Waals surface area contributed by atoms with E-state index in [1.165, 1.54) is 4.68 Å². The summed E-state index contributed by atoms with van der Waals surface area (Å²) in [5, 5.41) is 20.0. The Balaban J connectivity index is 1.64. The van der Waals surface area contributed by atoms with Crippen LogP contribution in [0.1, 0.15) is 17.0 Å². The van der Waals surface area contributed by atoms with Gasteiger partial charge in [-0.25, -0.2) is 4.79 Å². The molecule has 0 aliphatic carbocycles. The van der Waals surface area contributed by atoms with Crippen LogP contribution in [-0.4, -0.2) is 39.4 Å². The third kappa shape index (κ3) is 4.80. The van der Waals surface area contributed by atoms with Crippen LogP contribution in [0, 0.1) is 18.3 Å². The number of nitrogens with zero attached hydrogens (tertiary/aromatic N) is 5. The van der Waals surface area contributed by atoms with Gasteiger partial charge in [0, 0.05) is 0 Å². The molecule has 0 atom stereocenters. The lowest BCUT2D eigenvalue weighted by atomic mass is 10.2. The van der Waals surface area contributed by atoms with Crippen LogP contribution in [-0.2, 0) is 9.53 Å². The topological polar surface area (TPSA) is 103 Å². The summed E-state index contributed by atoms with van der Waals surface area (Å²) in [6.07, 6.45) is 1.66. The summed E-state index contributed by atoms with van der Waals surface area (Å²) < 4.78 is 12.2. The van der Waals surface area contributed by atoms with Gasteiger partial charge in [-0.2, -0.15) is 9.94 Å². The molecule has 0 aliphatic rings. The standard InChI is InChI=1S/C20H17N5O3/c1-15-22-23-24-25(15)19(13-16-5-3-2-4-6-16)20(26)28-12-11-27-18-9-7-17(14-21)8-10-18/h2-10,13H,11-12H2,1H3/b19-13-. The van der Waals surface area contributed by atoms with Crippen molar-refractivity contribution in [3.05, 3.63) is 71.5 Å². The Hall–Kier alpha value is -3.99. The maximum atomic E-state index is 12.6. The summed E-state index contributed by atoms with van der Waals surface area (Å²) in [7, 11) is 0. The Morgan fingerprint density at radius 2 is 1.89 bits per heavy atom. The largest absolute Gasteiger partial charge is 0.490 e. The Kier molecular flexibility index (Phi) is 6.10. The third-order valence-electron chi connectivity index (χ3n) is 3.73. The molecule has 28 heavy (non-hydrogen) atoms. The lowest BCUT2D eigenvalue weighted by Gasteiger charge is -2.10. The summed E-state index contributed by atoms with van der Waals surface area (Å²) in [6, 6.07) is 18.1. The van der Waals surface area contributed by atoms with Gasteiger partial charge in [0.25, 0.3) is 0 Å². The minimum atomic E-state index is -0.567. The number of benzene rings is 2. The van der Waals surface area contributed by atoms with E-state index < -0.39 is 5.97 Å². The first-order valence-corrected chi connectivity index (χ1v) is 8.49. The minimum absolute atomic E-state index is 0.0478. The van der Waals surface area contributed by atoms with E-state index in [0.29, 0.717) is 17.1 Å². The van der Waals surface area contributed by atoms with Gasteiger partial charge < -0.3 is 9.47 Å². The van der Waals surface area contributed by atoms with Crippen molar-refractivity contribution >= 4 is 17.7 Å². The lowest BCUT2D eigenvalue weighted by Crippen LogP contribution is -2.18. The molecular formula is C20H17N5O3. The molecule has 0 unspecified atom stereocenters. The zero-order valence-corrected chi connectivity index (χ0v) is 15.1. The fraction of sp³-hybridized carbons (Fsp3) is 0.150. The van der Waals surface area contributed by atoms with Gasteiger partial charge in [-0.15, -0.1) is 5.10 Å². The summed E-state index contributed by atoms with van der Waals surface area (Å²) in [5.41, 5.74) is 1.57. The monoisotopic (exact) mass is 375 g/mol. The number of hydrogen-bond acceptors (Lipinski definition) is 7. The molecule has 140 valence electrons. The summed E-state index contributed by atoms with van der Waals surface area (Å²) in [6.45, 7) is 1.91. The van der Waals surface area contributed by atoms with Crippen molar-refractivity contribution in [1.29, 1.82) is 5.26 Å². The van der Waals surface area contributed by atoms with E-state index in [4.69, 9.17) is 14.7 Å². The molecule has 0 bridgehead atoms. The normalized spacial score (nSPS) is 10.9.